The third-order valence-electron chi connectivity index (χ3n) is 3.45. The zero-order chi connectivity index (χ0) is 13.8. The summed E-state index contributed by atoms with van der Waals surface area (Å²) in [5, 5.41) is 7.26. The number of aromatic nitrogens is 3. The number of aromatic amines is 1. The van der Waals surface area contributed by atoms with Gasteiger partial charge in [-0.15, -0.1) is 0 Å². The van der Waals surface area contributed by atoms with Crippen molar-refractivity contribution in [3.63, 3.8) is 0 Å². The molecular weight excluding hydrogens is 254 g/mol. The first-order valence-corrected chi connectivity index (χ1v) is 6.88. The van der Waals surface area contributed by atoms with Gasteiger partial charge in [-0.05, 0) is 12.1 Å². The van der Waals surface area contributed by atoms with Gasteiger partial charge < -0.3 is 10.5 Å². The van der Waals surface area contributed by atoms with E-state index in [0.29, 0.717) is 5.82 Å². The molecule has 1 aromatic carbocycles. The summed E-state index contributed by atoms with van der Waals surface area (Å²) in [5.41, 5.74) is 7.44. The molecule has 0 spiro atoms. The molecule has 1 fully saturated rings. The van der Waals surface area contributed by atoms with E-state index in [9.17, 15) is 0 Å². The monoisotopic (exact) mass is 273 g/mol. The summed E-state index contributed by atoms with van der Waals surface area (Å²) in [6.45, 7) is 4.62. The lowest BCUT2D eigenvalue weighted by Crippen LogP contribution is -2.37. The Morgan fingerprint density at radius 2 is 2.15 bits per heavy atom. The van der Waals surface area contributed by atoms with Gasteiger partial charge in [-0.1, -0.05) is 12.1 Å². The van der Waals surface area contributed by atoms with Crippen molar-refractivity contribution in [1.82, 2.24) is 20.1 Å². The molecule has 3 N–H and O–H groups in total. The van der Waals surface area contributed by atoms with E-state index in [4.69, 9.17) is 10.5 Å². The number of nitrogens with one attached hydrogen (secondary N) is 1. The second-order valence-electron chi connectivity index (χ2n) is 4.94. The largest absolute Gasteiger partial charge is 0.399 e. The summed E-state index contributed by atoms with van der Waals surface area (Å²) >= 11 is 0. The summed E-state index contributed by atoms with van der Waals surface area (Å²) in [6.07, 6.45) is 0.870. The summed E-state index contributed by atoms with van der Waals surface area (Å²) in [6, 6.07) is 7.62. The van der Waals surface area contributed by atoms with Crippen molar-refractivity contribution in [1.29, 1.82) is 0 Å². The number of nitrogen functional groups attached to an aromatic ring is 1. The minimum atomic E-state index is 0.703. The predicted molar refractivity (Wildman–Crippen MR) is 77.2 cm³/mol. The predicted octanol–water partition coefficient (Wildman–Crippen LogP) is 0.929. The molecule has 106 valence electrons. The van der Waals surface area contributed by atoms with E-state index in [1.54, 1.807) is 0 Å². The normalized spacial score (nSPS) is 16.4. The fourth-order valence-electron chi connectivity index (χ4n) is 2.30. The van der Waals surface area contributed by atoms with Gasteiger partial charge in [-0.2, -0.15) is 5.10 Å². The van der Waals surface area contributed by atoms with Gasteiger partial charge in [0.25, 0.3) is 0 Å². The van der Waals surface area contributed by atoms with Gasteiger partial charge in [0, 0.05) is 37.3 Å². The van der Waals surface area contributed by atoms with Crippen LogP contribution in [0.4, 0.5) is 5.69 Å². The van der Waals surface area contributed by atoms with Gasteiger partial charge in [0.15, 0.2) is 5.82 Å². The molecule has 6 heteroatoms. The van der Waals surface area contributed by atoms with Crippen molar-refractivity contribution in [2.75, 3.05) is 38.6 Å². The number of morpholine rings is 1. The van der Waals surface area contributed by atoms with E-state index in [1.165, 1.54) is 0 Å². The highest BCUT2D eigenvalue weighted by Gasteiger charge is 2.12. The van der Waals surface area contributed by atoms with Crippen LogP contribution in [0.5, 0.6) is 0 Å². The van der Waals surface area contributed by atoms with Crippen LogP contribution >= 0.6 is 0 Å². The lowest BCUT2D eigenvalue weighted by molar-refractivity contribution is 0.0382. The molecular formula is C14H19N5O. The number of anilines is 1. The molecule has 2 aromatic rings. The molecule has 20 heavy (non-hydrogen) atoms. The minimum absolute atomic E-state index is 0.703. The van der Waals surface area contributed by atoms with E-state index >= 15 is 0 Å². The van der Waals surface area contributed by atoms with Gasteiger partial charge in [0.2, 0.25) is 0 Å². The molecule has 0 unspecified atom stereocenters. The highest BCUT2D eigenvalue weighted by Crippen LogP contribution is 2.17. The second kappa shape index (κ2) is 6.02. The topological polar surface area (TPSA) is 80.1 Å². The SMILES string of the molecule is Nc1cccc(-c2n[nH]c(CCN3CCOCC3)n2)c1. The van der Waals surface area contributed by atoms with Crippen molar-refractivity contribution >= 4 is 5.69 Å². The molecule has 0 atom stereocenters. The number of benzene rings is 1. The second-order valence-corrected chi connectivity index (χ2v) is 4.94. The standard InChI is InChI=1S/C14H19N5O/c15-12-3-1-2-11(10-12)14-16-13(17-18-14)4-5-19-6-8-20-9-7-19/h1-3,10H,4-9,15H2,(H,16,17,18). The van der Waals surface area contributed by atoms with Crippen LogP contribution in [0.25, 0.3) is 11.4 Å². The first-order valence-electron chi connectivity index (χ1n) is 6.88. The van der Waals surface area contributed by atoms with Crippen LogP contribution in [0.15, 0.2) is 24.3 Å². The Kier molecular flexibility index (Phi) is 3.94. The maximum absolute atomic E-state index is 5.77. The Bertz CT molecular complexity index is 562. The number of H-pyrrole nitrogens is 1. The van der Waals surface area contributed by atoms with Crippen LogP contribution < -0.4 is 5.73 Å². The van der Waals surface area contributed by atoms with Gasteiger partial charge in [0.05, 0.1) is 13.2 Å². The Morgan fingerprint density at radius 3 is 2.95 bits per heavy atom. The van der Waals surface area contributed by atoms with Crippen LogP contribution in [-0.2, 0) is 11.2 Å². The van der Waals surface area contributed by atoms with Crippen molar-refractivity contribution in [3.05, 3.63) is 30.1 Å². The Morgan fingerprint density at radius 1 is 1.30 bits per heavy atom. The van der Waals surface area contributed by atoms with Crippen LogP contribution in [0.2, 0.25) is 0 Å². The van der Waals surface area contributed by atoms with E-state index in [0.717, 1.165) is 56.3 Å². The molecule has 1 aliphatic rings. The number of nitrogens with two attached hydrogens (primary N) is 1. The molecule has 6 nitrogen and oxygen atoms in total. The molecule has 1 aromatic heterocycles. The number of hydrogen-bond acceptors (Lipinski definition) is 5. The van der Waals surface area contributed by atoms with E-state index < -0.39 is 0 Å². The van der Waals surface area contributed by atoms with E-state index in [2.05, 4.69) is 20.1 Å². The quantitative estimate of drug-likeness (QED) is 0.810. The first-order chi connectivity index (χ1) is 9.81. The smallest absolute Gasteiger partial charge is 0.181 e. The zero-order valence-electron chi connectivity index (χ0n) is 11.4. The van der Waals surface area contributed by atoms with Crippen molar-refractivity contribution in [2.45, 2.75) is 6.42 Å². The average Bonchev–Trinajstić information content (AvgIpc) is 2.95. The minimum Gasteiger partial charge on any atom is -0.399 e. The van der Waals surface area contributed by atoms with E-state index in [1.807, 2.05) is 24.3 Å². The molecule has 0 aliphatic carbocycles. The fourth-order valence-corrected chi connectivity index (χ4v) is 2.30. The van der Waals surface area contributed by atoms with Gasteiger partial charge in [-0.3, -0.25) is 10.00 Å². The highest BCUT2D eigenvalue weighted by atomic mass is 16.5. The van der Waals surface area contributed by atoms with E-state index in [-0.39, 0.29) is 0 Å². The zero-order valence-corrected chi connectivity index (χ0v) is 11.4. The molecule has 1 aliphatic heterocycles. The number of ether oxygens (including phenoxy) is 1. The third kappa shape index (κ3) is 3.15. The maximum Gasteiger partial charge on any atom is 0.181 e. The molecule has 0 amide bonds. The molecule has 2 heterocycles. The lowest BCUT2D eigenvalue weighted by atomic mass is 10.2. The van der Waals surface area contributed by atoms with Crippen molar-refractivity contribution in [3.8, 4) is 11.4 Å². The molecule has 0 bridgehead atoms. The Balaban J connectivity index is 1.61. The van der Waals surface area contributed by atoms with Crippen LogP contribution in [0.1, 0.15) is 5.82 Å². The lowest BCUT2D eigenvalue weighted by Gasteiger charge is -2.25. The Hall–Kier alpha value is -1.92. The average molecular weight is 273 g/mol. The maximum atomic E-state index is 5.77. The Labute approximate surface area is 118 Å². The number of nitrogens with zero attached hydrogens (tertiary/aromatic N) is 3. The van der Waals surface area contributed by atoms with Crippen LogP contribution in [-0.4, -0.2) is 52.9 Å². The number of hydrogen-bond donors (Lipinski definition) is 2. The van der Waals surface area contributed by atoms with Crippen LogP contribution in [0.3, 0.4) is 0 Å². The third-order valence-corrected chi connectivity index (χ3v) is 3.45. The van der Waals surface area contributed by atoms with Gasteiger partial charge in [-0.25, -0.2) is 4.98 Å². The molecule has 1 saturated heterocycles. The van der Waals surface area contributed by atoms with Gasteiger partial charge >= 0.3 is 0 Å². The summed E-state index contributed by atoms with van der Waals surface area (Å²) in [5.74, 6) is 1.61. The van der Waals surface area contributed by atoms with Gasteiger partial charge in [0.1, 0.15) is 5.82 Å². The summed E-state index contributed by atoms with van der Waals surface area (Å²) in [4.78, 5) is 6.91. The number of rotatable bonds is 4. The molecule has 0 radical (unpaired) electrons. The molecule has 0 saturated carbocycles. The van der Waals surface area contributed by atoms with Crippen LogP contribution in [0, 0.1) is 0 Å². The summed E-state index contributed by atoms with van der Waals surface area (Å²) < 4.78 is 5.34. The first kappa shape index (κ1) is 13.1. The molecule has 3 rings (SSSR count). The highest BCUT2D eigenvalue weighted by molar-refractivity contribution is 5.60. The van der Waals surface area contributed by atoms with Crippen molar-refractivity contribution < 1.29 is 4.74 Å². The summed E-state index contributed by atoms with van der Waals surface area (Å²) in [7, 11) is 0. The fraction of sp³-hybridized carbons (Fsp3) is 0.429. The van der Waals surface area contributed by atoms with Crippen molar-refractivity contribution in [2.24, 2.45) is 0 Å².